The highest BCUT2D eigenvalue weighted by Gasteiger charge is 2.52. The van der Waals surface area contributed by atoms with Gasteiger partial charge in [-0.25, -0.2) is 4.98 Å². The Kier molecular flexibility index (Phi) is 5.70. The minimum atomic E-state index is -0.546. The van der Waals surface area contributed by atoms with Gasteiger partial charge in [0.1, 0.15) is 5.82 Å². The van der Waals surface area contributed by atoms with E-state index < -0.39 is 18.3 Å². The van der Waals surface area contributed by atoms with E-state index >= 15 is 0 Å². The van der Waals surface area contributed by atoms with Crippen molar-refractivity contribution in [2.75, 3.05) is 11.5 Å². The summed E-state index contributed by atoms with van der Waals surface area (Å²) < 4.78 is 12.2. The van der Waals surface area contributed by atoms with Gasteiger partial charge < -0.3 is 15.0 Å². The number of thioether (sulfide) groups is 1. The Morgan fingerprint density at radius 1 is 1.38 bits per heavy atom. The standard InChI is InChI=1S/C16H22BClN2O3S/c1-10(21)24-9-12(6-11-8-20-14(19)7-13(11)18)17-22-15(2,3)16(4,5)23-17/h6-8H,9H2,1-5H3,(H2,19,20). The summed E-state index contributed by atoms with van der Waals surface area (Å²) in [5.74, 6) is 0.805. The molecule has 0 radical (unpaired) electrons. The molecule has 0 spiro atoms. The summed E-state index contributed by atoms with van der Waals surface area (Å²) in [5.41, 5.74) is 6.25. The lowest BCUT2D eigenvalue weighted by Crippen LogP contribution is -2.41. The third-order valence-corrected chi connectivity index (χ3v) is 5.45. The Balaban J connectivity index is 2.35. The van der Waals surface area contributed by atoms with E-state index in [1.54, 1.807) is 12.3 Å². The molecule has 1 saturated heterocycles. The van der Waals surface area contributed by atoms with Crippen molar-refractivity contribution in [1.29, 1.82) is 0 Å². The van der Waals surface area contributed by atoms with Crippen molar-refractivity contribution in [3.8, 4) is 0 Å². The Labute approximate surface area is 152 Å². The second-order valence-corrected chi connectivity index (χ2v) is 8.28. The van der Waals surface area contributed by atoms with Gasteiger partial charge in [0.25, 0.3) is 0 Å². The zero-order valence-electron chi connectivity index (χ0n) is 14.6. The summed E-state index contributed by atoms with van der Waals surface area (Å²) in [4.78, 5) is 15.4. The van der Waals surface area contributed by atoms with Crippen LogP contribution in [0.2, 0.25) is 5.02 Å². The van der Waals surface area contributed by atoms with Gasteiger partial charge in [-0.05, 0) is 39.2 Å². The van der Waals surface area contributed by atoms with E-state index in [2.05, 4.69) is 4.98 Å². The Morgan fingerprint density at radius 3 is 2.46 bits per heavy atom. The predicted octanol–water partition coefficient (Wildman–Crippen LogP) is 3.61. The van der Waals surface area contributed by atoms with Crippen molar-refractivity contribution >= 4 is 47.5 Å². The molecule has 0 unspecified atom stereocenters. The number of carbonyl (C=O) groups is 1. The highest BCUT2D eigenvalue weighted by Crippen LogP contribution is 2.39. The lowest BCUT2D eigenvalue weighted by molar-refractivity contribution is -0.109. The van der Waals surface area contributed by atoms with Gasteiger partial charge in [-0.2, -0.15) is 0 Å². The molecule has 0 bridgehead atoms. The normalized spacial score (nSPS) is 19.6. The lowest BCUT2D eigenvalue weighted by Gasteiger charge is -2.32. The van der Waals surface area contributed by atoms with Crippen molar-refractivity contribution in [2.45, 2.75) is 45.8 Å². The third kappa shape index (κ3) is 4.33. The monoisotopic (exact) mass is 368 g/mol. The Morgan fingerprint density at radius 2 is 1.96 bits per heavy atom. The summed E-state index contributed by atoms with van der Waals surface area (Å²) in [6.07, 6.45) is 3.45. The molecular weight excluding hydrogens is 347 g/mol. The second-order valence-electron chi connectivity index (χ2n) is 6.72. The molecular formula is C16H22BClN2O3S. The number of anilines is 1. The zero-order valence-corrected chi connectivity index (χ0v) is 16.1. The molecule has 0 atom stereocenters. The first-order chi connectivity index (χ1) is 11.0. The minimum absolute atomic E-state index is 0.0268. The van der Waals surface area contributed by atoms with Crippen LogP contribution in [-0.4, -0.2) is 34.2 Å². The number of nitrogen functional groups attached to an aromatic ring is 1. The van der Waals surface area contributed by atoms with Crippen LogP contribution in [0.25, 0.3) is 6.08 Å². The van der Waals surface area contributed by atoms with Crippen molar-refractivity contribution in [3.63, 3.8) is 0 Å². The van der Waals surface area contributed by atoms with Crippen LogP contribution in [0.4, 0.5) is 5.82 Å². The van der Waals surface area contributed by atoms with Gasteiger partial charge in [-0.15, -0.1) is 0 Å². The lowest BCUT2D eigenvalue weighted by atomic mass is 9.78. The molecule has 0 saturated carbocycles. The van der Waals surface area contributed by atoms with Crippen LogP contribution in [-0.2, 0) is 14.1 Å². The molecule has 8 heteroatoms. The molecule has 2 heterocycles. The van der Waals surface area contributed by atoms with E-state index in [-0.39, 0.29) is 5.12 Å². The quantitative estimate of drug-likeness (QED) is 0.818. The molecule has 2 N–H and O–H groups in total. The SMILES string of the molecule is CC(=O)SCC(=Cc1cnc(N)cc1Cl)B1OC(C)(C)C(C)(C)O1. The van der Waals surface area contributed by atoms with Crippen LogP contribution in [0.5, 0.6) is 0 Å². The van der Waals surface area contributed by atoms with Crippen LogP contribution < -0.4 is 5.73 Å². The zero-order chi connectivity index (χ0) is 18.1. The molecule has 1 aromatic rings. The van der Waals surface area contributed by atoms with Crippen molar-refractivity contribution < 1.29 is 14.1 Å². The van der Waals surface area contributed by atoms with E-state index in [4.69, 9.17) is 26.6 Å². The van der Waals surface area contributed by atoms with Gasteiger partial charge in [0.05, 0.1) is 16.2 Å². The van der Waals surface area contributed by atoms with Crippen molar-refractivity contribution in [3.05, 3.63) is 28.3 Å². The van der Waals surface area contributed by atoms with Gasteiger partial charge in [0.2, 0.25) is 0 Å². The highest BCUT2D eigenvalue weighted by molar-refractivity contribution is 8.13. The fourth-order valence-electron chi connectivity index (χ4n) is 2.12. The maximum absolute atomic E-state index is 11.4. The number of aromatic nitrogens is 1. The molecule has 0 amide bonds. The van der Waals surface area contributed by atoms with Gasteiger partial charge >= 0.3 is 7.12 Å². The van der Waals surface area contributed by atoms with Gasteiger partial charge in [-0.3, -0.25) is 4.79 Å². The average molecular weight is 369 g/mol. The second kappa shape index (κ2) is 7.08. The van der Waals surface area contributed by atoms with Crippen LogP contribution in [0.1, 0.15) is 40.2 Å². The number of nitrogens with zero attached hydrogens (tertiary/aromatic N) is 1. The summed E-state index contributed by atoms with van der Waals surface area (Å²) in [7, 11) is -0.546. The fraction of sp³-hybridized carbons (Fsp3) is 0.500. The summed E-state index contributed by atoms with van der Waals surface area (Å²) in [6, 6.07) is 1.59. The highest BCUT2D eigenvalue weighted by atomic mass is 35.5. The van der Waals surface area contributed by atoms with Crippen LogP contribution in [0, 0.1) is 0 Å². The molecule has 5 nitrogen and oxygen atoms in total. The molecule has 1 aliphatic rings. The molecule has 1 aromatic heterocycles. The van der Waals surface area contributed by atoms with E-state index in [9.17, 15) is 4.79 Å². The van der Waals surface area contributed by atoms with Crippen LogP contribution in [0.3, 0.4) is 0 Å². The van der Waals surface area contributed by atoms with Crippen LogP contribution in [0.15, 0.2) is 17.7 Å². The number of hydrogen-bond acceptors (Lipinski definition) is 6. The van der Waals surface area contributed by atoms with Crippen LogP contribution >= 0.6 is 23.4 Å². The number of rotatable bonds is 4. The molecule has 2 rings (SSSR count). The Hall–Kier alpha value is -1.02. The molecule has 24 heavy (non-hydrogen) atoms. The minimum Gasteiger partial charge on any atom is -0.400 e. The van der Waals surface area contributed by atoms with E-state index in [0.29, 0.717) is 22.2 Å². The number of nitrogens with two attached hydrogens (primary N) is 1. The summed E-state index contributed by atoms with van der Waals surface area (Å²) in [5, 5.41) is 0.517. The van der Waals surface area contributed by atoms with Gasteiger partial charge in [0, 0.05) is 24.4 Å². The number of pyridine rings is 1. The number of carbonyl (C=O) groups excluding carboxylic acids is 1. The summed E-state index contributed by atoms with van der Waals surface area (Å²) in [6.45, 7) is 9.48. The molecule has 1 fully saturated rings. The van der Waals surface area contributed by atoms with E-state index in [1.165, 1.54) is 18.7 Å². The van der Waals surface area contributed by atoms with Gasteiger partial charge in [0.15, 0.2) is 5.12 Å². The van der Waals surface area contributed by atoms with Crippen molar-refractivity contribution in [2.24, 2.45) is 0 Å². The Bertz CT molecular complexity index is 663. The summed E-state index contributed by atoms with van der Waals surface area (Å²) >= 11 is 7.43. The first-order valence-corrected chi connectivity index (χ1v) is 8.99. The third-order valence-electron chi connectivity index (χ3n) is 4.24. The fourth-order valence-corrected chi connectivity index (χ4v) is 2.92. The largest absolute Gasteiger partial charge is 0.491 e. The number of halogens is 1. The average Bonchev–Trinajstić information content (AvgIpc) is 2.65. The first kappa shape index (κ1) is 19.3. The van der Waals surface area contributed by atoms with Gasteiger partial charge in [-0.1, -0.05) is 29.4 Å². The maximum Gasteiger partial charge on any atom is 0.491 e. The van der Waals surface area contributed by atoms with E-state index in [0.717, 1.165) is 5.47 Å². The molecule has 130 valence electrons. The molecule has 0 aliphatic carbocycles. The first-order valence-electron chi connectivity index (χ1n) is 7.62. The van der Waals surface area contributed by atoms with E-state index in [1.807, 2.05) is 33.8 Å². The topological polar surface area (TPSA) is 74.4 Å². The molecule has 0 aromatic carbocycles. The van der Waals surface area contributed by atoms with Crippen molar-refractivity contribution in [1.82, 2.24) is 4.98 Å². The predicted molar refractivity (Wildman–Crippen MR) is 101 cm³/mol. The maximum atomic E-state index is 11.4. The smallest absolute Gasteiger partial charge is 0.400 e. The number of hydrogen-bond donors (Lipinski definition) is 1. The molecule has 1 aliphatic heterocycles.